The van der Waals surface area contributed by atoms with Crippen LogP contribution in [0.25, 0.3) is 16.7 Å². The fourth-order valence-corrected chi connectivity index (χ4v) is 3.28. The number of hydrogen-bond acceptors (Lipinski definition) is 3. The number of carbonyl (C=O) groups is 2. The Hall–Kier alpha value is -4.07. The number of fused-ring (bicyclic) bond motifs is 1. The first-order valence-electron chi connectivity index (χ1n) is 9.02. The van der Waals surface area contributed by atoms with Gasteiger partial charge in [0.15, 0.2) is 0 Å². The van der Waals surface area contributed by atoms with Crippen molar-refractivity contribution < 1.29 is 9.59 Å². The minimum Gasteiger partial charge on any atom is -0.323 e. The van der Waals surface area contributed by atoms with Gasteiger partial charge >= 0.3 is 5.69 Å². The van der Waals surface area contributed by atoms with Crippen molar-refractivity contribution >= 4 is 22.8 Å². The molecule has 29 heavy (non-hydrogen) atoms. The molecule has 0 bridgehead atoms. The lowest BCUT2D eigenvalue weighted by molar-refractivity contribution is -0.122. The summed E-state index contributed by atoms with van der Waals surface area (Å²) in [6.45, 7) is -0.209. The van der Waals surface area contributed by atoms with E-state index in [1.807, 2.05) is 53.4 Å². The molecule has 0 unspecified atom stereocenters. The number of nitrogens with zero attached hydrogens (tertiary/aromatic N) is 3. The first-order chi connectivity index (χ1) is 14.1. The lowest BCUT2D eigenvalue weighted by Crippen LogP contribution is -2.44. The van der Waals surface area contributed by atoms with Gasteiger partial charge in [-0.15, -0.1) is 0 Å². The highest BCUT2D eigenvalue weighted by Gasteiger charge is 2.15. The molecule has 2 aromatic carbocycles. The van der Waals surface area contributed by atoms with Gasteiger partial charge in [0.2, 0.25) is 0 Å². The highest BCUT2D eigenvalue weighted by Crippen LogP contribution is 2.14. The summed E-state index contributed by atoms with van der Waals surface area (Å²) in [6, 6.07) is 18.0. The molecule has 8 nitrogen and oxygen atoms in total. The van der Waals surface area contributed by atoms with Crippen LogP contribution in [0.1, 0.15) is 10.4 Å². The average molecular weight is 389 g/mol. The Morgan fingerprint density at radius 2 is 1.52 bits per heavy atom. The molecule has 0 saturated carbocycles. The Balaban J connectivity index is 1.49. The molecule has 2 heterocycles. The SMILES string of the molecule is Cn1c(=O)n(CC(=O)NNC(=O)c2ccccc2-n2cccc2)c2ccccc21. The molecule has 2 aromatic heterocycles. The summed E-state index contributed by atoms with van der Waals surface area (Å²) in [6.07, 6.45) is 3.66. The molecule has 0 radical (unpaired) electrons. The largest absolute Gasteiger partial charge is 0.329 e. The second-order valence-corrected chi connectivity index (χ2v) is 6.53. The molecular weight excluding hydrogens is 370 g/mol. The Bertz CT molecular complexity index is 1250. The fourth-order valence-electron chi connectivity index (χ4n) is 3.28. The normalized spacial score (nSPS) is 10.8. The third kappa shape index (κ3) is 3.43. The Kier molecular flexibility index (Phi) is 4.74. The molecule has 146 valence electrons. The van der Waals surface area contributed by atoms with Crippen LogP contribution in [0.3, 0.4) is 0 Å². The number of amides is 2. The monoisotopic (exact) mass is 389 g/mol. The van der Waals surface area contributed by atoms with Crippen molar-refractivity contribution in [2.75, 3.05) is 0 Å². The quantitative estimate of drug-likeness (QED) is 0.520. The topological polar surface area (TPSA) is 90.1 Å². The van der Waals surface area contributed by atoms with E-state index in [0.29, 0.717) is 16.8 Å². The van der Waals surface area contributed by atoms with E-state index in [9.17, 15) is 14.4 Å². The second kappa shape index (κ2) is 7.51. The Morgan fingerprint density at radius 1 is 0.862 bits per heavy atom. The zero-order valence-electron chi connectivity index (χ0n) is 15.7. The number of hydrogen-bond donors (Lipinski definition) is 2. The van der Waals surface area contributed by atoms with Crippen LogP contribution >= 0.6 is 0 Å². The van der Waals surface area contributed by atoms with E-state index in [4.69, 9.17) is 0 Å². The third-order valence-electron chi connectivity index (χ3n) is 4.70. The van der Waals surface area contributed by atoms with Crippen molar-refractivity contribution in [1.82, 2.24) is 24.6 Å². The van der Waals surface area contributed by atoms with Gasteiger partial charge in [0.1, 0.15) is 6.54 Å². The standard InChI is InChI=1S/C21H19N5O3/c1-24-17-10-4-5-11-18(17)26(21(24)29)14-19(27)22-23-20(28)15-8-2-3-9-16(15)25-12-6-7-13-25/h2-13H,14H2,1H3,(H,22,27)(H,23,28). The molecule has 0 aliphatic rings. The van der Waals surface area contributed by atoms with Crippen LogP contribution in [-0.4, -0.2) is 25.5 Å². The number of aromatic nitrogens is 3. The predicted molar refractivity (Wildman–Crippen MR) is 109 cm³/mol. The van der Waals surface area contributed by atoms with Gasteiger partial charge in [-0.3, -0.25) is 29.6 Å². The molecule has 0 aliphatic heterocycles. The van der Waals surface area contributed by atoms with Crippen molar-refractivity contribution in [1.29, 1.82) is 0 Å². The maximum atomic E-state index is 12.6. The van der Waals surface area contributed by atoms with E-state index >= 15 is 0 Å². The number of imidazole rings is 1. The van der Waals surface area contributed by atoms with Gasteiger partial charge in [0.25, 0.3) is 11.8 Å². The number of rotatable bonds is 4. The van der Waals surface area contributed by atoms with Crippen molar-refractivity contribution in [3.05, 3.63) is 89.1 Å². The van der Waals surface area contributed by atoms with Gasteiger partial charge in [-0.05, 0) is 36.4 Å². The summed E-state index contributed by atoms with van der Waals surface area (Å²) >= 11 is 0. The van der Waals surface area contributed by atoms with Crippen LogP contribution < -0.4 is 16.5 Å². The average Bonchev–Trinajstić information content (AvgIpc) is 3.36. The van der Waals surface area contributed by atoms with E-state index in [1.165, 1.54) is 9.13 Å². The van der Waals surface area contributed by atoms with E-state index in [1.54, 1.807) is 31.3 Å². The third-order valence-corrected chi connectivity index (χ3v) is 4.70. The number of hydrazine groups is 1. The first kappa shape index (κ1) is 18.3. The van der Waals surface area contributed by atoms with Crippen molar-refractivity contribution in [2.24, 2.45) is 7.05 Å². The van der Waals surface area contributed by atoms with Gasteiger partial charge in [-0.2, -0.15) is 0 Å². The van der Waals surface area contributed by atoms with Crippen LogP contribution in [0.15, 0.2) is 77.9 Å². The molecule has 4 rings (SSSR count). The summed E-state index contributed by atoms with van der Waals surface area (Å²) in [5, 5.41) is 0. The summed E-state index contributed by atoms with van der Waals surface area (Å²) in [5.41, 5.74) is 6.99. The minimum atomic E-state index is -0.504. The van der Waals surface area contributed by atoms with E-state index in [0.717, 1.165) is 5.52 Å². The van der Waals surface area contributed by atoms with Gasteiger partial charge < -0.3 is 4.57 Å². The Labute approximate surface area is 166 Å². The molecular formula is C21H19N5O3. The van der Waals surface area contributed by atoms with Crippen LogP contribution in [0.4, 0.5) is 0 Å². The lowest BCUT2D eigenvalue weighted by atomic mass is 10.1. The highest BCUT2D eigenvalue weighted by atomic mass is 16.2. The van der Waals surface area contributed by atoms with Crippen molar-refractivity contribution in [2.45, 2.75) is 6.54 Å². The van der Waals surface area contributed by atoms with E-state index < -0.39 is 11.8 Å². The zero-order chi connectivity index (χ0) is 20.4. The molecule has 4 aromatic rings. The number of aryl methyl sites for hydroxylation is 1. The van der Waals surface area contributed by atoms with Crippen molar-refractivity contribution in [3.63, 3.8) is 0 Å². The number of carbonyl (C=O) groups excluding carboxylic acids is 2. The summed E-state index contributed by atoms with van der Waals surface area (Å²) in [4.78, 5) is 37.4. The number of para-hydroxylation sites is 3. The van der Waals surface area contributed by atoms with Crippen LogP contribution in [0.5, 0.6) is 0 Å². The Morgan fingerprint density at radius 3 is 2.28 bits per heavy atom. The van der Waals surface area contributed by atoms with Crippen molar-refractivity contribution in [3.8, 4) is 5.69 Å². The minimum absolute atomic E-state index is 0.209. The maximum absolute atomic E-state index is 12.6. The van der Waals surface area contributed by atoms with Crippen LogP contribution in [-0.2, 0) is 18.4 Å². The molecule has 8 heteroatoms. The predicted octanol–water partition coefficient (Wildman–Crippen LogP) is 1.59. The van der Waals surface area contributed by atoms with E-state index in [2.05, 4.69) is 10.9 Å². The summed E-state index contributed by atoms with van der Waals surface area (Å²) in [7, 11) is 1.65. The molecule has 2 amide bonds. The van der Waals surface area contributed by atoms with Crippen LogP contribution in [0, 0.1) is 0 Å². The maximum Gasteiger partial charge on any atom is 0.329 e. The van der Waals surface area contributed by atoms with Gasteiger partial charge in [-0.25, -0.2) is 4.79 Å². The van der Waals surface area contributed by atoms with Crippen LogP contribution in [0.2, 0.25) is 0 Å². The molecule has 2 N–H and O–H groups in total. The van der Waals surface area contributed by atoms with Gasteiger partial charge in [0.05, 0.1) is 22.3 Å². The fraction of sp³-hybridized carbons (Fsp3) is 0.0952. The highest BCUT2D eigenvalue weighted by molar-refractivity contribution is 5.98. The smallest absolute Gasteiger partial charge is 0.323 e. The molecule has 0 atom stereocenters. The molecule has 0 fully saturated rings. The van der Waals surface area contributed by atoms with Gasteiger partial charge in [0, 0.05) is 19.4 Å². The lowest BCUT2D eigenvalue weighted by Gasteiger charge is -2.12. The van der Waals surface area contributed by atoms with Gasteiger partial charge in [-0.1, -0.05) is 24.3 Å². The summed E-state index contributed by atoms with van der Waals surface area (Å²) < 4.78 is 4.66. The molecule has 0 aliphatic carbocycles. The second-order valence-electron chi connectivity index (χ2n) is 6.53. The summed E-state index contributed by atoms with van der Waals surface area (Å²) in [5.74, 6) is -0.955. The number of nitrogens with one attached hydrogen (secondary N) is 2. The zero-order valence-corrected chi connectivity index (χ0v) is 15.7. The first-order valence-corrected chi connectivity index (χ1v) is 9.02. The number of benzene rings is 2. The van der Waals surface area contributed by atoms with E-state index in [-0.39, 0.29) is 12.2 Å². The molecule has 0 saturated heterocycles. The molecule has 0 spiro atoms.